The number of rotatable bonds is 3. The van der Waals surface area contributed by atoms with Crippen LogP contribution in [-0.4, -0.2) is 33.1 Å². The summed E-state index contributed by atoms with van der Waals surface area (Å²) in [5.74, 6) is -1.23. The second-order valence-corrected chi connectivity index (χ2v) is 5.11. The molecule has 1 aliphatic heterocycles. The SMILES string of the molecule is Cc1cc(C(=O)N2NC(=C(F)F)CC2(O)C(F)F)ccc1[N+](=O)[O-]. The van der Waals surface area contributed by atoms with Gasteiger partial charge in [-0.1, -0.05) is 0 Å². The third-order valence-electron chi connectivity index (χ3n) is 3.49. The van der Waals surface area contributed by atoms with Crippen LogP contribution in [0.1, 0.15) is 22.3 Å². The smallest absolute Gasteiger partial charge is 0.291 e. The Morgan fingerprint density at radius 2 is 2.08 bits per heavy atom. The number of benzene rings is 1. The summed E-state index contributed by atoms with van der Waals surface area (Å²) in [6.07, 6.45) is -7.04. The Balaban J connectivity index is 2.42. The van der Waals surface area contributed by atoms with Gasteiger partial charge in [0.15, 0.2) is 0 Å². The molecule has 1 saturated heterocycles. The largest absolute Gasteiger partial charge is 0.364 e. The topological polar surface area (TPSA) is 95.7 Å². The van der Waals surface area contributed by atoms with Crippen LogP contribution in [-0.2, 0) is 0 Å². The molecule has 1 unspecified atom stereocenters. The molecule has 0 spiro atoms. The first kappa shape index (κ1) is 17.7. The van der Waals surface area contributed by atoms with Crippen molar-refractivity contribution in [3.63, 3.8) is 0 Å². The van der Waals surface area contributed by atoms with Crippen LogP contribution < -0.4 is 5.43 Å². The summed E-state index contributed by atoms with van der Waals surface area (Å²) in [6, 6.07) is 3.00. The number of amides is 1. The normalized spacial score (nSPS) is 20.3. The van der Waals surface area contributed by atoms with Gasteiger partial charge in [-0.25, -0.2) is 13.8 Å². The number of nitrogens with zero attached hydrogens (tertiary/aromatic N) is 2. The number of carbonyl (C=O) groups excluding carboxylic acids is 1. The van der Waals surface area contributed by atoms with Crippen molar-refractivity contribution in [1.29, 1.82) is 0 Å². The molecule has 2 N–H and O–H groups in total. The molecule has 0 aromatic heterocycles. The first-order valence-electron chi connectivity index (χ1n) is 6.49. The first-order chi connectivity index (χ1) is 11.1. The number of hydrazine groups is 1. The van der Waals surface area contributed by atoms with Crippen molar-refractivity contribution in [2.45, 2.75) is 25.5 Å². The number of nitrogens with one attached hydrogen (secondary N) is 1. The van der Waals surface area contributed by atoms with Crippen molar-refractivity contribution in [3.8, 4) is 0 Å². The zero-order valence-electron chi connectivity index (χ0n) is 12.1. The predicted octanol–water partition coefficient (Wildman–Crippen LogP) is 2.32. The van der Waals surface area contributed by atoms with Gasteiger partial charge in [-0.05, 0) is 19.1 Å². The van der Waals surface area contributed by atoms with Gasteiger partial charge < -0.3 is 5.11 Å². The monoisotopic (exact) mass is 349 g/mol. The van der Waals surface area contributed by atoms with Crippen LogP contribution in [0.15, 0.2) is 30.0 Å². The molecule has 7 nitrogen and oxygen atoms in total. The van der Waals surface area contributed by atoms with E-state index in [9.17, 15) is 37.6 Å². The van der Waals surface area contributed by atoms with E-state index < -0.39 is 41.2 Å². The van der Waals surface area contributed by atoms with E-state index in [0.717, 1.165) is 18.2 Å². The van der Waals surface area contributed by atoms with Crippen LogP contribution >= 0.6 is 0 Å². The number of alkyl halides is 2. The minimum absolute atomic E-state index is 0.00671. The minimum atomic E-state index is -3.52. The maximum atomic E-state index is 13.1. The third-order valence-corrected chi connectivity index (χ3v) is 3.49. The fraction of sp³-hybridized carbons (Fsp3) is 0.308. The Morgan fingerprint density at radius 1 is 1.46 bits per heavy atom. The minimum Gasteiger partial charge on any atom is -0.364 e. The molecule has 24 heavy (non-hydrogen) atoms. The third kappa shape index (κ3) is 2.89. The number of aryl methyl sites for hydroxylation is 1. The summed E-state index contributed by atoms with van der Waals surface area (Å²) in [6.45, 7) is 1.32. The fourth-order valence-electron chi connectivity index (χ4n) is 2.24. The van der Waals surface area contributed by atoms with Gasteiger partial charge in [0.25, 0.3) is 24.1 Å². The molecule has 0 aliphatic carbocycles. The van der Waals surface area contributed by atoms with Crippen molar-refractivity contribution in [2.24, 2.45) is 0 Å². The molecule has 0 bridgehead atoms. The van der Waals surface area contributed by atoms with Gasteiger partial charge in [0.2, 0.25) is 5.72 Å². The van der Waals surface area contributed by atoms with Gasteiger partial charge in [0.1, 0.15) is 5.70 Å². The van der Waals surface area contributed by atoms with Crippen LogP contribution in [0.3, 0.4) is 0 Å². The zero-order valence-corrected chi connectivity index (χ0v) is 12.1. The van der Waals surface area contributed by atoms with Gasteiger partial charge >= 0.3 is 0 Å². The number of hydrogen-bond donors (Lipinski definition) is 2. The summed E-state index contributed by atoms with van der Waals surface area (Å²) in [5, 5.41) is 20.7. The van der Waals surface area contributed by atoms with Crippen LogP contribution in [0.2, 0.25) is 0 Å². The van der Waals surface area contributed by atoms with E-state index in [2.05, 4.69) is 0 Å². The number of nitro benzene ring substituents is 1. The van der Waals surface area contributed by atoms with Crippen molar-refractivity contribution < 1.29 is 32.4 Å². The molecule has 1 aromatic carbocycles. The van der Waals surface area contributed by atoms with Crippen LogP contribution in [0, 0.1) is 17.0 Å². The molecule has 1 aliphatic rings. The molecule has 1 fully saturated rings. The Bertz CT molecular complexity index is 736. The summed E-state index contributed by atoms with van der Waals surface area (Å²) >= 11 is 0. The average molecular weight is 349 g/mol. The van der Waals surface area contributed by atoms with E-state index in [-0.39, 0.29) is 21.8 Å². The Hall–Kier alpha value is -2.69. The second kappa shape index (κ2) is 6.07. The lowest BCUT2D eigenvalue weighted by atomic mass is 10.1. The molecule has 130 valence electrons. The quantitative estimate of drug-likeness (QED) is 0.496. The predicted molar refractivity (Wildman–Crippen MR) is 72.0 cm³/mol. The average Bonchev–Trinajstić information content (AvgIpc) is 2.85. The number of nitro groups is 1. The molecular formula is C13H11F4N3O4. The van der Waals surface area contributed by atoms with E-state index in [4.69, 9.17) is 0 Å². The molecule has 0 saturated carbocycles. The molecule has 0 radical (unpaired) electrons. The van der Waals surface area contributed by atoms with Gasteiger partial charge in [0.05, 0.1) is 11.3 Å². The fourth-order valence-corrected chi connectivity index (χ4v) is 2.24. The van der Waals surface area contributed by atoms with Crippen LogP contribution in [0.5, 0.6) is 0 Å². The van der Waals surface area contributed by atoms with E-state index in [1.54, 1.807) is 5.43 Å². The lowest BCUT2D eigenvalue weighted by Gasteiger charge is -2.31. The highest BCUT2D eigenvalue weighted by Crippen LogP contribution is 2.35. The van der Waals surface area contributed by atoms with Crippen LogP contribution in [0.4, 0.5) is 23.2 Å². The Morgan fingerprint density at radius 3 is 2.54 bits per heavy atom. The van der Waals surface area contributed by atoms with Crippen molar-refractivity contribution >= 4 is 11.6 Å². The molecule has 2 rings (SSSR count). The summed E-state index contributed by atoms with van der Waals surface area (Å²) < 4.78 is 51.5. The summed E-state index contributed by atoms with van der Waals surface area (Å²) in [5.41, 5.74) is -2.93. The highest BCUT2D eigenvalue weighted by atomic mass is 19.3. The zero-order chi connectivity index (χ0) is 18.2. The highest BCUT2D eigenvalue weighted by molar-refractivity contribution is 5.95. The maximum absolute atomic E-state index is 13.1. The van der Waals surface area contributed by atoms with Gasteiger partial charge in [0, 0.05) is 17.2 Å². The van der Waals surface area contributed by atoms with Gasteiger partial charge in [-0.15, -0.1) is 0 Å². The van der Waals surface area contributed by atoms with Gasteiger partial charge in [-0.3, -0.25) is 20.3 Å². The molecule has 11 heteroatoms. The lowest BCUT2D eigenvalue weighted by molar-refractivity contribution is -0.385. The molecule has 1 aromatic rings. The van der Waals surface area contributed by atoms with Crippen molar-refractivity contribution in [2.75, 3.05) is 0 Å². The molecule has 1 amide bonds. The Labute approximate surface area is 132 Å². The molecule has 1 atom stereocenters. The number of aliphatic hydroxyl groups is 1. The maximum Gasteiger partial charge on any atom is 0.291 e. The Kier molecular flexibility index (Phi) is 4.47. The van der Waals surface area contributed by atoms with Crippen molar-refractivity contribution in [3.05, 3.63) is 51.2 Å². The number of hydrogen-bond acceptors (Lipinski definition) is 5. The first-order valence-corrected chi connectivity index (χ1v) is 6.49. The number of carbonyl (C=O) groups is 1. The van der Waals surface area contributed by atoms with Crippen molar-refractivity contribution in [1.82, 2.24) is 10.4 Å². The van der Waals surface area contributed by atoms with E-state index >= 15 is 0 Å². The second-order valence-electron chi connectivity index (χ2n) is 5.11. The van der Waals surface area contributed by atoms with Gasteiger partial charge in [-0.2, -0.15) is 8.78 Å². The lowest BCUT2D eigenvalue weighted by Crippen LogP contribution is -2.55. The number of halogens is 4. The highest BCUT2D eigenvalue weighted by Gasteiger charge is 2.53. The summed E-state index contributed by atoms with van der Waals surface area (Å²) in [7, 11) is 0. The van der Waals surface area contributed by atoms with E-state index in [0.29, 0.717) is 0 Å². The molecular weight excluding hydrogens is 338 g/mol. The molecule has 1 heterocycles. The standard InChI is InChI=1S/C13H11F4N3O4/c1-6-4-7(2-3-9(6)20(23)24)11(21)19-13(22,12(16)17)5-8(18-19)10(14)15/h2-4,12,18,22H,5H2,1H3. The van der Waals surface area contributed by atoms with Crippen LogP contribution in [0.25, 0.3) is 0 Å². The van der Waals surface area contributed by atoms with E-state index in [1.807, 2.05) is 0 Å². The van der Waals surface area contributed by atoms with E-state index in [1.165, 1.54) is 6.92 Å². The summed E-state index contributed by atoms with van der Waals surface area (Å²) in [4.78, 5) is 22.3.